The third-order valence-electron chi connectivity index (χ3n) is 3.80. The predicted molar refractivity (Wildman–Crippen MR) is 84.2 cm³/mol. The highest BCUT2D eigenvalue weighted by molar-refractivity contribution is 4.71. The molecule has 0 radical (unpaired) electrons. The van der Waals surface area contributed by atoms with Gasteiger partial charge in [0.1, 0.15) is 0 Å². The molecule has 2 unspecified atom stereocenters. The molecule has 0 bridgehead atoms. The summed E-state index contributed by atoms with van der Waals surface area (Å²) in [5, 5.41) is 3.84. The smallest absolute Gasteiger partial charge is 0.00694 e. The van der Waals surface area contributed by atoms with E-state index in [0.717, 1.165) is 6.04 Å². The van der Waals surface area contributed by atoms with Gasteiger partial charge in [0.05, 0.1) is 0 Å². The lowest BCUT2D eigenvalue weighted by Gasteiger charge is -2.23. The van der Waals surface area contributed by atoms with E-state index in [2.05, 4.69) is 33.0 Å². The van der Waals surface area contributed by atoms with Gasteiger partial charge >= 0.3 is 0 Å². The van der Waals surface area contributed by atoms with Gasteiger partial charge in [0.2, 0.25) is 0 Å². The van der Waals surface area contributed by atoms with Gasteiger partial charge in [-0.2, -0.15) is 0 Å². The molecule has 0 spiro atoms. The molecule has 0 aliphatic rings. The van der Waals surface area contributed by atoms with E-state index in [0.29, 0.717) is 6.04 Å². The van der Waals surface area contributed by atoms with E-state index in [9.17, 15) is 0 Å². The normalized spacial score (nSPS) is 14.7. The molecule has 0 fully saturated rings. The van der Waals surface area contributed by atoms with E-state index in [-0.39, 0.29) is 0 Å². The molecule has 1 heteroatoms. The minimum Gasteiger partial charge on any atom is -0.312 e. The van der Waals surface area contributed by atoms with Crippen LogP contribution in [0.4, 0.5) is 0 Å². The Labute approximate surface area is 116 Å². The molecule has 0 aromatic carbocycles. The van der Waals surface area contributed by atoms with Crippen molar-refractivity contribution in [3.8, 4) is 0 Å². The third kappa shape index (κ3) is 11.1. The van der Waals surface area contributed by atoms with E-state index < -0.39 is 0 Å². The summed E-state index contributed by atoms with van der Waals surface area (Å²) in [6, 6.07) is 1.47. The largest absolute Gasteiger partial charge is 0.312 e. The van der Waals surface area contributed by atoms with Gasteiger partial charge in [-0.25, -0.2) is 0 Å². The summed E-state index contributed by atoms with van der Waals surface area (Å²) in [7, 11) is 0. The second-order valence-electron chi connectivity index (χ2n) is 5.90. The van der Waals surface area contributed by atoms with Crippen LogP contribution in [0.2, 0.25) is 0 Å². The Morgan fingerprint density at radius 2 is 1.33 bits per heavy atom. The molecule has 18 heavy (non-hydrogen) atoms. The van der Waals surface area contributed by atoms with Crippen molar-refractivity contribution < 1.29 is 0 Å². The van der Waals surface area contributed by atoms with Crippen molar-refractivity contribution in [1.29, 1.82) is 0 Å². The highest BCUT2D eigenvalue weighted by Gasteiger charge is 2.10. The summed E-state index contributed by atoms with van der Waals surface area (Å²) in [4.78, 5) is 0. The highest BCUT2D eigenvalue weighted by Crippen LogP contribution is 2.11. The van der Waals surface area contributed by atoms with Crippen molar-refractivity contribution >= 4 is 0 Å². The summed E-state index contributed by atoms with van der Waals surface area (Å²) in [6.45, 7) is 9.25. The molecule has 0 heterocycles. The first kappa shape index (κ1) is 18.0. The quantitative estimate of drug-likeness (QED) is 0.417. The Bertz CT molecular complexity index is 156. The van der Waals surface area contributed by atoms with Crippen LogP contribution in [-0.2, 0) is 0 Å². The van der Waals surface area contributed by atoms with Crippen LogP contribution in [-0.4, -0.2) is 12.1 Å². The summed E-state index contributed by atoms with van der Waals surface area (Å²) < 4.78 is 0. The molecular formula is C17H37N. The number of rotatable bonds is 13. The Hall–Kier alpha value is -0.0400. The van der Waals surface area contributed by atoms with E-state index in [4.69, 9.17) is 0 Å². The van der Waals surface area contributed by atoms with Crippen molar-refractivity contribution in [2.75, 3.05) is 0 Å². The molecule has 0 saturated heterocycles. The fourth-order valence-corrected chi connectivity index (χ4v) is 2.65. The summed E-state index contributed by atoms with van der Waals surface area (Å²) in [5.41, 5.74) is 0. The maximum absolute atomic E-state index is 3.84. The zero-order chi connectivity index (χ0) is 13.6. The zero-order valence-corrected chi connectivity index (χ0v) is 13.4. The summed E-state index contributed by atoms with van der Waals surface area (Å²) in [5.74, 6) is 0. The van der Waals surface area contributed by atoms with Crippen molar-refractivity contribution in [2.24, 2.45) is 0 Å². The molecule has 0 rings (SSSR count). The summed E-state index contributed by atoms with van der Waals surface area (Å²) in [6.07, 6.45) is 15.1. The van der Waals surface area contributed by atoms with Crippen molar-refractivity contribution in [3.05, 3.63) is 0 Å². The Kier molecular flexibility index (Phi) is 13.4. The van der Waals surface area contributed by atoms with E-state index in [1.807, 2.05) is 0 Å². The fourth-order valence-electron chi connectivity index (χ4n) is 2.65. The maximum Gasteiger partial charge on any atom is 0.00694 e. The van der Waals surface area contributed by atoms with Gasteiger partial charge in [-0.15, -0.1) is 0 Å². The molecule has 110 valence electrons. The molecule has 1 N–H and O–H groups in total. The number of hydrogen-bond acceptors (Lipinski definition) is 1. The first-order valence-electron chi connectivity index (χ1n) is 8.50. The van der Waals surface area contributed by atoms with Gasteiger partial charge in [0, 0.05) is 12.1 Å². The van der Waals surface area contributed by atoms with Crippen LogP contribution in [0.15, 0.2) is 0 Å². The molecule has 0 aromatic rings. The van der Waals surface area contributed by atoms with Crippen molar-refractivity contribution in [2.45, 2.75) is 110 Å². The standard InChI is InChI=1S/C17H37N/c1-5-8-10-11-12-14-16(4)18-17(13-7-3)15-9-6-2/h16-18H,5-15H2,1-4H3. The topological polar surface area (TPSA) is 12.0 Å². The van der Waals surface area contributed by atoms with Crippen LogP contribution < -0.4 is 5.32 Å². The Balaban J connectivity index is 3.62. The average Bonchev–Trinajstić information content (AvgIpc) is 2.36. The van der Waals surface area contributed by atoms with Crippen molar-refractivity contribution in [1.82, 2.24) is 5.32 Å². The lowest BCUT2D eigenvalue weighted by molar-refractivity contribution is 0.371. The van der Waals surface area contributed by atoms with Crippen LogP contribution in [0.25, 0.3) is 0 Å². The Morgan fingerprint density at radius 1 is 0.667 bits per heavy atom. The Morgan fingerprint density at radius 3 is 1.94 bits per heavy atom. The molecule has 1 nitrogen and oxygen atoms in total. The molecule has 0 aromatic heterocycles. The van der Waals surface area contributed by atoms with Gasteiger partial charge in [-0.05, 0) is 26.2 Å². The lowest BCUT2D eigenvalue weighted by Crippen LogP contribution is -2.36. The van der Waals surface area contributed by atoms with E-state index >= 15 is 0 Å². The van der Waals surface area contributed by atoms with Crippen LogP contribution in [0, 0.1) is 0 Å². The minimum absolute atomic E-state index is 0.708. The van der Waals surface area contributed by atoms with E-state index in [1.165, 1.54) is 70.6 Å². The highest BCUT2D eigenvalue weighted by atomic mass is 14.9. The molecular weight excluding hydrogens is 218 g/mol. The van der Waals surface area contributed by atoms with Crippen LogP contribution in [0.5, 0.6) is 0 Å². The van der Waals surface area contributed by atoms with E-state index in [1.54, 1.807) is 0 Å². The van der Waals surface area contributed by atoms with Crippen LogP contribution in [0.3, 0.4) is 0 Å². The summed E-state index contributed by atoms with van der Waals surface area (Å²) >= 11 is 0. The fraction of sp³-hybridized carbons (Fsp3) is 1.00. The van der Waals surface area contributed by atoms with Crippen LogP contribution in [0.1, 0.15) is 98.3 Å². The lowest BCUT2D eigenvalue weighted by atomic mass is 10.0. The third-order valence-corrected chi connectivity index (χ3v) is 3.80. The SMILES string of the molecule is CCCCCCCC(C)NC(CCC)CCCC. The van der Waals surface area contributed by atoms with Gasteiger partial charge in [-0.3, -0.25) is 0 Å². The molecule has 0 saturated carbocycles. The molecule has 0 aliphatic heterocycles. The molecule has 0 amide bonds. The second-order valence-corrected chi connectivity index (χ2v) is 5.90. The van der Waals surface area contributed by atoms with Crippen LogP contribution >= 0.6 is 0 Å². The second kappa shape index (κ2) is 13.4. The maximum atomic E-state index is 3.84. The minimum atomic E-state index is 0.708. The predicted octanol–water partition coefficient (Wildman–Crippen LogP) is 5.68. The van der Waals surface area contributed by atoms with Gasteiger partial charge in [-0.1, -0.05) is 72.1 Å². The monoisotopic (exact) mass is 255 g/mol. The number of unbranched alkanes of at least 4 members (excludes halogenated alkanes) is 5. The van der Waals surface area contributed by atoms with Gasteiger partial charge in [0.25, 0.3) is 0 Å². The van der Waals surface area contributed by atoms with Crippen molar-refractivity contribution in [3.63, 3.8) is 0 Å². The molecule has 2 atom stereocenters. The number of hydrogen-bond donors (Lipinski definition) is 1. The average molecular weight is 255 g/mol. The molecule has 0 aliphatic carbocycles. The van der Waals surface area contributed by atoms with Gasteiger partial charge < -0.3 is 5.32 Å². The number of nitrogens with one attached hydrogen (secondary N) is 1. The first-order valence-corrected chi connectivity index (χ1v) is 8.50. The van der Waals surface area contributed by atoms with Gasteiger partial charge in [0.15, 0.2) is 0 Å². The zero-order valence-electron chi connectivity index (χ0n) is 13.4. The first-order chi connectivity index (χ1) is 8.74.